The zero-order chi connectivity index (χ0) is 12.3. The van der Waals surface area contributed by atoms with Crippen LogP contribution < -0.4 is 0 Å². The van der Waals surface area contributed by atoms with E-state index in [1.165, 1.54) is 24.8 Å². The third-order valence-electron chi connectivity index (χ3n) is 4.21. The Morgan fingerprint density at radius 2 is 2.00 bits per heavy atom. The van der Waals surface area contributed by atoms with Gasteiger partial charge in [0.25, 0.3) is 0 Å². The molecular formula is C15H24O2. The van der Waals surface area contributed by atoms with E-state index in [9.17, 15) is 0 Å². The van der Waals surface area contributed by atoms with Crippen LogP contribution >= 0.6 is 0 Å². The van der Waals surface area contributed by atoms with Crippen molar-refractivity contribution in [2.24, 2.45) is 17.8 Å². The molecule has 17 heavy (non-hydrogen) atoms. The monoisotopic (exact) mass is 236 g/mol. The molecule has 0 bridgehead atoms. The SMILES string of the molecule is C=C1CCC(C(C)C)CC1CCC1OC=CO1. The summed E-state index contributed by atoms with van der Waals surface area (Å²) in [6, 6.07) is 0. The van der Waals surface area contributed by atoms with E-state index in [-0.39, 0.29) is 6.29 Å². The lowest BCUT2D eigenvalue weighted by molar-refractivity contribution is -0.0321. The molecule has 1 aliphatic heterocycles. The van der Waals surface area contributed by atoms with Crippen LogP contribution in [0.25, 0.3) is 0 Å². The Morgan fingerprint density at radius 3 is 2.65 bits per heavy atom. The summed E-state index contributed by atoms with van der Waals surface area (Å²) in [5.41, 5.74) is 1.44. The van der Waals surface area contributed by atoms with Gasteiger partial charge in [0.05, 0.1) is 0 Å². The number of ether oxygens (including phenoxy) is 2. The molecule has 0 N–H and O–H groups in total. The molecule has 1 heterocycles. The van der Waals surface area contributed by atoms with Gasteiger partial charge in [0, 0.05) is 6.42 Å². The average molecular weight is 236 g/mol. The summed E-state index contributed by atoms with van der Waals surface area (Å²) in [6.07, 6.45) is 9.17. The normalized spacial score (nSPS) is 29.5. The van der Waals surface area contributed by atoms with Crippen molar-refractivity contribution in [1.82, 2.24) is 0 Å². The lowest BCUT2D eigenvalue weighted by atomic mass is 9.72. The summed E-state index contributed by atoms with van der Waals surface area (Å²) in [7, 11) is 0. The number of allylic oxidation sites excluding steroid dienone is 1. The molecule has 0 spiro atoms. The Hall–Kier alpha value is -0.920. The van der Waals surface area contributed by atoms with E-state index in [4.69, 9.17) is 9.47 Å². The summed E-state index contributed by atoms with van der Waals surface area (Å²) in [5.74, 6) is 2.34. The van der Waals surface area contributed by atoms with E-state index in [2.05, 4.69) is 20.4 Å². The quantitative estimate of drug-likeness (QED) is 0.680. The Bertz CT molecular complexity index is 285. The van der Waals surface area contributed by atoms with Gasteiger partial charge in [-0.15, -0.1) is 0 Å². The van der Waals surface area contributed by atoms with E-state index >= 15 is 0 Å². The Kier molecular flexibility index (Phi) is 4.14. The summed E-state index contributed by atoms with van der Waals surface area (Å²) in [5, 5.41) is 0. The second kappa shape index (κ2) is 5.61. The Balaban J connectivity index is 1.79. The third-order valence-corrected chi connectivity index (χ3v) is 4.21. The maximum absolute atomic E-state index is 5.32. The topological polar surface area (TPSA) is 18.5 Å². The highest BCUT2D eigenvalue weighted by molar-refractivity contribution is 5.05. The minimum Gasteiger partial charge on any atom is -0.459 e. The lowest BCUT2D eigenvalue weighted by Gasteiger charge is -2.33. The van der Waals surface area contributed by atoms with Crippen molar-refractivity contribution in [2.75, 3.05) is 0 Å². The van der Waals surface area contributed by atoms with Crippen LogP contribution in [0, 0.1) is 17.8 Å². The van der Waals surface area contributed by atoms with Gasteiger partial charge in [-0.1, -0.05) is 26.0 Å². The number of hydrogen-bond donors (Lipinski definition) is 0. The molecule has 0 amide bonds. The smallest absolute Gasteiger partial charge is 0.239 e. The molecule has 0 aromatic heterocycles. The van der Waals surface area contributed by atoms with Crippen LogP contribution in [-0.4, -0.2) is 6.29 Å². The van der Waals surface area contributed by atoms with Crippen LogP contribution in [0.15, 0.2) is 24.7 Å². The third kappa shape index (κ3) is 3.27. The Labute approximate surface area is 105 Å². The molecule has 1 aliphatic carbocycles. The largest absolute Gasteiger partial charge is 0.459 e. The highest BCUT2D eigenvalue weighted by Crippen LogP contribution is 2.38. The second-order valence-corrected chi connectivity index (χ2v) is 5.68. The van der Waals surface area contributed by atoms with E-state index in [1.807, 2.05) is 0 Å². The molecule has 2 nitrogen and oxygen atoms in total. The van der Waals surface area contributed by atoms with Crippen LogP contribution in [0.5, 0.6) is 0 Å². The van der Waals surface area contributed by atoms with Gasteiger partial charge in [-0.05, 0) is 43.4 Å². The van der Waals surface area contributed by atoms with Crippen molar-refractivity contribution < 1.29 is 9.47 Å². The second-order valence-electron chi connectivity index (χ2n) is 5.68. The molecule has 0 aromatic rings. The lowest BCUT2D eigenvalue weighted by Crippen LogP contribution is -2.22. The number of hydrogen-bond acceptors (Lipinski definition) is 2. The molecule has 0 aromatic carbocycles. The van der Waals surface area contributed by atoms with Gasteiger partial charge in [0.2, 0.25) is 6.29 Å². The van der Waals surface area contributed by atoms with Crippen LogP contribution in [0.2, 0.25) is 0 Å². The van der Waals surface area contributed by atoms with Crippen LogP contribution in [0.3, 0.4) is 0 Å². The van der Waals surface area contributed by atoms with E-state index in [0.29, 0.717) is 5.92 Å². The molecule has 2 rings (SSSR count). The van der Waals surface area contributed by atoms with Gasteiger partial charge in [0.1, 0.15) is 12.5 Å². The zero-order valence-electron chi connectivity index (χ0n) is 11.0. The minimum atomic E-state index is -0.0535. The first-order valence-electron chi connectivity index (χ1n) is 6.80. The first-order valence-corrected chi connectivity index (χ1v) is 6.80. The highest BCUT2D eigenvalue weighted by Gasteiger charge is 2.27. The molecule has 2 heteroatoms. The fourth-order valence-corrected chi connectivity index (χ4v) is 2.90. The molecule has 96 valence electrons. The summed E-state index contributed by atoms with van der Waals surface area (Å²) in [4.78, 5) is 0. The van der Waals surface area contributed by atoms with Crippen molar-refractivity contribution in [3.8, 4) is 0 Å². The highest BCUT2D eigenvalue weighted by atomic mass is 16.7. The predicted molar refractivity (Wildman–Crippen MR) is 69.1 cm³/mol. The Morgan fingerprint density at radius 1 is 1.29 bits per heavy atom. The van der Waals surface area contributed by atoms with Gasteiger partial charge in [0.15, 0.2) is 0 Å². The van der Waals surface area contributed by atoms with E-state index in [1.54, 1.807) is 12.5 Å². The first-order chi connectivity index (χ1) is 8.16. The predicted octanol–water partition coefficient (Wildman–Crippen LogP) is 4.24. The van der Waals surface area contributed by atoms with Gasteiger partial charge in [-0.25, -0.2) is 0 Å². The van der Waals surface area contributed by atoms with Crippen LogP contribution in [0.4, 0.5) is 0 Å². The van der Waals surface area contributed by atoms with Crippen molar-refractivity contribution >= 4 is 0 Å². The molecular weight excluding hydrogens is 212 g/mol. The summed E-state index contributed by atoms with van der Waals surface area (Å²) < 4.78 is 10.6. The average Bonchev–Trinajstić information content (AvgIpc) is 2.80. The summed E-state index contributed by atoms with van der Waals surface area (Å²) in [6.45, 7) is 8.91. The molecule has 2 aliphatic rings. The van der Waals surface area contributed by atoms with Crippen LogP contribution in [0.1, 0.15) is 46.0 Å². The number of rotatable bonds is 4. The van der Waals surface area contributed by atoms with E-state index < -0.39 is 0 Å². The van der Waals surface area contributed by atoms with Crippen LogP contribution in [-0.2, 0) is 9.47 Å². The van der Waals surface area contributed by atoms with Crippen molar-refractivity contribution in [2.45, 2.75) is 52.2 Å². The fourth-order valence-electron chi connectivity index (χ4n) is 2.90. The van der Waals surface area contributed by atoms with Gasteiger partial charge < -0.3 is 9.47 Å². The fraction of sp³-hybridized carbons (Fsp3) is 0.733. The molecule has 2 unspecified atom stereocenters. The van der Waals surface area contributed by atoms with Gasteiger partial charge in [-0.2, -0.15) is 0 Å². The summed E-state index contributed by atoms with van der Waals surface area (Å²) >= 11 is 0. The van der Waals surface area contributed by atoms with Gasteiger partial charge in [-0.3, -0.25) is 0 Å². The maximum Gasteiger partial charge on any atom is 0.239 e. The molecule has 1 fully saturated rings. The molecule has 0 radical (unpaired) electrons. The van der Waals surface area contributed by atoms with Crippen molar-refractivity contribution in [1.29, 1.82) is 0 Å². The van der Waals surface area contributed by atoms with Gasteiger partial charge >= 0.3 is 0 Å². The molecule has 0 saturated heterocycles. The van der Waals surface area contributed by atoms with Crippen molar-refractivity contribution in [3.63, 3.8) is 0 Å². The molecule has 1 saturated carbocycles. The van der Waals surface area contributed by atoms with E-state index in [0.717, 1.165) is 24.7 Å². The molecule has 2 atom stereocenters. The first kappa shape index (κ1) is 12.5. The zero-order valence-corrected chi connectivity index (χ0v) is 11.0. The minimum absolute atomic E-state index is 0.0535. The van der Waals surface area contributed by atoms with Crippen molar-refractivity contribution in [3.05, 3.63) is 24.7 Å². The standard InChI is InChI=1S/C15H24O2/c1-11(2)13-5-4-12(3)14(10-13)6-7-15-16-8-9-17-15/h8-9,11,13-15H,3-7,10H2,1-2H3. The maximum atomic E-state index is 5.32.